The van der Waals surface area contributed by atoms with Crippen LogP contribution < -0.4 is 0 Å². The number of hydrogen-bond donors (Lipinski definition) is 1. The number of nitrogens with zero attached hydrogens (tertiary/aromatic N) is 2. The highest BCUT2D eigenvalue weighted by atomic mass is 32.2. The summed E-state index contributed by atoms with van der Waals surface area (Å²) in [5, 5.41) is 18.7. The van der Waals surface area contributed by atoms with E-state index in [1.165, 1.54) is 24.3 Å². The molecule has 194 valence electrons. The van der Waals surface area contributed by atoms with E-state index in [4.69, 9.17) is 5.26 Å². The number of aliphatic hydroxyl groups is 1. The van der Waals surface area contributed by atoms with E-state index in [1.807, 2.05) is 6.07 Å². The Labute approximate surface area is 212 Å². The Morgan fingerprint density at radius 3 is 2.54 bits per heavy atom. The van der Waals surface area contributed by atoms with E-state index in [9.17, 15) is 31.1 Å². The minimum atomic E-state index is -3.45. The average molecular weight is 533 g/mol. The molecule has 2 aromatic carbocycles. The zero-order valence-electron chi connectivity index (χ0n) is 20.1. The highest BCUT2D eigenvalue weighted by molar-refractivity contribution is 7.90. The molecule has 0 amide bonds. The van der Waals surface area contributed by atoms with Crippen molar-refractivity contribution in [2.24, 2.45) is 0 Å². The molecule has 10 heteroatoms. The van der Waals surface area contributed by atoms with Gasteiger partial charge in [0.05, 0.1) is 11.6 Å². The number of nitriles is 1. The molecule has 0 fully saturated rings. The first-order valence-electron chi connectivity index (χ1n) is 11.6. The summed E-state index contributed by atoms with van der Waals surface area (Å²) in [5.74, 6) is -3.73. The second kappa shape index (κ2) is 9.88. The Morgan fingerprint density at radius 1 is 1.16 bits per heavy atom. The third-order valence-electron chi connectivity index (χ3n) is 6.62. The fourth-order valence-electron chi connectivity index (χ4n) is 4.85. The highest BCUT2D eigenvalue weighted by Crippen LogP contribution is 2.47. The number of rotatable bonds is 2. The van der Waals surface area contributed by atoms with Crippen molar-refractivity contribution in [2.45, 2.75) is 55.8 Å². The zero-order valence-corrected chi connectivity index (χ0v) is 20.9. The SMILES string of the molecule is Cc1nc(S(C)(=O)=O)ccc1-c1cccc2c1C(O)C(F)(F)C2.N#Cc1cc(F)cc2c1CCCC2F. The number of sulfone groups is 1. The Kier molecular flexibility index (Phi) is 7.14. The van der Waals surface area contributed by atoms with Gasteiger partial charge in [-0.25, -0.2) is 31.0 Å². The third kappa shape index (κ3) is 5.24. The predicted molar refractivity (Wildman–Crippen MR) is 129 cm³/mol. The fourth-order valence-corrected chi connectivity index (χ4v) is 5.46. The number of halogens is 4. The van der Waals surface area contributed by atoms with Crippen LogP contribution in [0.25, 0.3) is 11.1 Å². The molecule has 0 spiro atoms. The molecule has 2 unspecified atom stereocenters. The molecule has 2 aliphatic carbocycles. The third-order valence-corrected chi connectivity index (χ3v) is 7.61. The first-order chi connectivity index (χ1) is 17.3. The lowest BCUT2D eigenvalue weighted by atomic mass is 9.87. The minimum Gasteiger partial charge on any atom is -0.382 e. The van der Waals surface area contributed by atoms with Crippen LogP contribution in [0, 0.1) is 24.1 Å². The quantitative estimate of drug-likeness (QED) is 0.426. The smallest absolute Gasteiger partial charge is 0.281 e. The second-order valence-corrected chi connectivity index (χ2v) is 11.2. The first-order valence-corrected chi connectivity index (χ1v) is 13.4. The van der Waals surface area contributed by atoms with Crippen molar-refractivity contribution in [3.8, 4) is 17.2 Å². The van der Waals surface area contributed by atoms with Crippen LogP contribution >= 0.6 is 0 Å². The van der Waals surface area contributed by atoms with Crippen LogP contribution in [0.1, 0.15) is 58.6 Å². The molecule has 5 nitrogen and oxygen atoms in total. The zero-order chi connectivity index (χ0) is 27.1. The maximum atomic E-state index is 13.8. The van der Waals surface area contributed by atoms with Crippen LogP contribution in [-0.2, 0) is 22.7 Å². The van der Waals surface area contributed by atoms with Gasteiger partial charge in [0.25, 0.3) is 5.92 Å². The molecule has 2 atom stereocenters. The van der Waals surface area contributed by atoms with Crippen molar-refractivity contribution in [3.05, 3.63) is 81.8 Å². The maximum absolute atomic E-state index is 13.8. The Balaban J connectivity index is 0.000000195. The largest absolute Gasteiger partial charge is 0.382 e. The van der Waals surface area contributed by atoms with Crippen molar-refractivity contribution < 1.29 is 31.1 Å². The summed E-state index contributed by atoms with van der Waals surface area (Å²) in [6, 6.07) is 12.0. The molecule has 3 aromatic rings. The summed E-state index contributed by atoms with van der Waals surface area (Å²) < 4.78 is 77.1. The van der Waals surface area contributed by atoms with Gasteiger partial charge in [-0.05, 0) is 78.3 Å². The number of pyridine rings is 1. The molecule has 0 aliphatic heterocycles. The molecule has 1 heterocycles. The Bertz CT molecular complexity index is 1520. The van der Waals surface area contributed by atoms with Gasteiger partial charge in [0.1, 0.15) is 18.1 Å². The summed E-state index contributed by atoms with van der Waals surface area (Å²) in [6.07, 6.45) is -0.594. The summed E-state index contributed by atoms with van der Waals surface area (Å²) in [6.45, 7) is 1.61. The number of alkyl halides is 3. The lowest BCUT2D eigenvalue weighted by Crippen LogP contribution is -2.21. The van der Waals surface area contributed by atoms with Gasteiger partial charge in [-0.1, -0.05) is 18.2 Å². The number of aliphatic hydroxyl groups excluding tert-OH is 1. The van der Waals surface area contributed by atoms with Gasteiger partial charge in [-0.3, -0.25) is 0 Å². The maximum Gasteiger partial charge on any atom is 0.281 e. The molecule has 5 rings (SSSR count). The van der Waals surface area contributed by atoms with Crippen molar-refractivity contribution in [2.75, 3.05) is 6.26 Å². The molecule has 37 heavy (non-hydrogen) atoms. The fraction of sp³-hybridized carbons (Fsp3) is 0.333. The number of fused-ring (bicyclic) bond motifs is 2. The molecule has 0 radical (unpaired) electrons. The van der Waals surface area contributed by atoms with E-state index in [0.29, 0.717) is 46.4 Å². The number of aromatic nitrogens is 1. The normalized spacial score (nSPS) is 19.7. The molecule has 0 bridgehead atoms. The van der Waals surface area contributed by atoms with Crippen molar-refractivity contribution >= 4 is 9.84 Å². The monoisotopic (exact) mass is 532 g/mol. The molecule has 2 aliphatic rings. The van der Waals surface area contributed by atoms with Gasteiger partial charge in [0, 0.05) is 23.9 Å². The summed E-state index contributed by atoms with van der Waals surface area (Å²) in [4.78, 5) is 4.05. The van der Waals surface area contributed by atoms with Gasteiger partial charge < -0.3 is 5.11 Å². The molecule has 1 N–H and O–H groups in total. The van der Waals surface area contributed by atoms with E-state index in [1.54, 1.807) is 25.1 Å². The first kappa shape index (κ1) is 26.8. The van der Waals surface area contributed by atoms with Crippen LogP contribution in [0.5, 0.6) is 0 Å². The topological polar surface area (TPSA) is 91.1 Å². The van der Waals surface area contributed by atoms with Crippen molar-refractivity contribution in [3.63, 3.8) is 0 Å². The molecular weight excluding hydrogens is 508 g/mol. The van der Waals surface area contributed by atoms with E-state index < -0.39 is 40.3 Å². The molecular formula is C27H24F4N2O3S. The molecule has 0 saturated carbocycles. The Morgan fingerprint density at radius 2 is 1.89 bits per heavy atom. The van der Waals surface area contributed by atoms with Gasteiger partial charge in [-0.15, -0.1) is 0 Å². The number of hydrogen-bond acceptors (Lipinski definition) is 5. The predicted octanol–water partition coefficient (Wildman–Crippen LogP) is 5.73. The number of benzene rings is 2. The van der Waals surface area contributed by atoms with E-state index in [2.05, 4.69) is 4.98 Å². The summed E-state index contributed by atoms with van der Waals surface area (Å²) in [5.41, 5.74) is 3.32. The Hall–Kier alpha value is -3.29. The van der Waals surface area contributed by atoms with Gasteiger partial charge in [0.2, 0.25) is 0 Å². The van der Waals surface area contributed by atoms with Gasteiger partial charge >= 0.3 is 0 Å². The van der Waals surface area contributed by atoms with E-state index >= 15 is 0 Å². The average Bonchev–Trinajstić information content (AvgIpc) is 3.07. The van der Waals surface area contributed by atoms with Crippen LogP contribution in [0.15, 0.2) is 47.5 Å². The van der Waals surface area contributed by atoms with Crippen LogP contribution in [0.3, 0.4) is 0 Å². The lowest BCUT2D eigenvalue weighted by Gasteiger charge is -2.20. The van der Waals surface area contributed by atoms with Crippen LogP contribution in [0.4, 0.5) is 17.6 Å². The van der Waals surface area contributed by atoms with Gasteiger partial charge in [-0.2, -0.15) is 5.26 Å². The minimum absolute atomic E-state index is 0.0720. The highest BCUT2D eigenvalue weighted by Gasteiger charge is 2.47. The standard InChI is InChI=1S/C16H15F2NO3S.C11H9F2N/c1-9-11(6-7-13(19-9)23(2,21)22)12-5-3-4-10-8-16(17,18)15(20)14(10)12;12-8-4-7(6-14)9-2-1-3-11(13)10(9)5-8/h3-7,15,20H,8H2,1-2H3;4-5,11H,1-3H2. The van der Waals surface area contributed by atoms with Crippen LogP contribution in [-0.4, -0.2) is 30.7 Å². The van der Waals surface area contributed by atoms with E-state index in [0.717, 1.165) is 12.7 Å². The van der Waals surface area contributed by atoms with E-state index in [-0.39, 0.29) is 16.2 Å². The molecule has 0 saturated heterocycles. The summed E-state index contributed by atoms with van der Waals surface area (Å²) in [7, 11) is -3.45. The van der Waals surface area contributed by atoms with Crippen molar-refractivity contribution in [1.29, 1.82) is 5.26 Å². The summed E-state index contributed by atoms with van der Waals surface area (Å²) >= 11 is 0. The second-order valence-electron chi connectivity index (χ2n) is 9.27. The lowest BCUT2D eigenvalue weighted by molar-refractivity contribution is -0.0966. The van der Waals surface area contributed by atoms with Crippen molar-refractivity contribution in [1.82, 2.24) is 4.98 Å². The number of aryl methyl sites for hydroxylation is 1. The van der Waals surface area contributed by atoms with Crippen LogP contribution in [0.2, 0.25) is 0 Å². The van der Waals surface area contributed by atoms with Gasteiger partial charge in [0.15, 0.2) is 14.9 Å². The molecule has 1 aromatic heterocycles.